The van der Waals surface area contributed by atoms with Gasteiger partial charge in [0, 0.05) is 5.41 Å². The lowest BCUT2D eigenvalue weighted by Gasteiger charge is -2.47. The van der Waals surface area contributed by atoms with Gasteiger partial charge >= 0.3 is 0 Å². The van der Waals surface area contributed by atoms with Crippen LogP contribution in [0.5, 0.6) is 0 Å². The largest absolute Gasteiger partial charge is 0.350 e. The van der Waals surface area contributed by atoms with Gasteiger partial charge in [-0.3, -0.25) is 0 Å². The topological polar surface area (TPSA) is 44.5 Å². The van der Waals surface area contributed by atoms with E-state index in [0.29, 0.717) is 5.41 Å². The zero-order valence-electron chi connectivity index (χ0n) is 10.2. The SMILES string of the molecule is CC12CCC(C1)CC2(CCN)C1OCCO1. The molecule has 3 fully saturated rings. The minimum Gasteiger partial charge on any atom is -0.350 e. The van der Waals surface area contributed by atoms with Crippen molar-refractivity contribution in [2.24, 2.45) is 22.5 Å². The molecule has 2 saturated carbocycles. The van der Waals surface area contributed by atoms with Gasteiger partial charge in [-0.25, -0.2) is 0 Å². The molecule has 3 aliphatic rings. The van der Waals surface area contributed by atoms with Crippen molar-refractivity contribution in [1.82, 2.24) is 0 Å². The molecule has 0 amide bonds. The second-order valence-corrected chi connectivity index (χ2v) is 6.14. The van der Waals surface area contributed by atoms with Crippen molar-refractivity contribution in [3.05, 3.63) is 0 Å². The molecule has 3 unspecified atom stereocenters. The van der Waals surface area contributed by atoms with Gasteiger partial charge in [-0.05, 0) is 50.0 Å². The number of fused-ring (bicyclic) bond motifs is 2. The van der Waals surface area contributed by atoms with Gasteiger partial charge in [0.25, 0.3) is 0 Å². The summed E-state index contributed by atoms with van der Waals surface area (Å²) in [5.74, 6) is 0.893. The summed E-state index contributed by atoms with van der Waals surface area (Å²) in [6.07, 6.45) is 6.44. The van der Waals surface area contributed by atoms with E-state index in [4.69, 9.17) is 15.2 Å². The average molecular weight is 225 g/mol. The van der Waals surface area contributed by atoms with Crippen LogP contribution in [-0.2, 0) is 9.47 Å². The molecule has 0 radical (unpaired) electrons. The first-order valence-electron chi connectivity index (χ1n) is 6.63. The van der Waals surface area contributed by atoms with E-state index in [1.807, 2.05) is 0 Å². The van der Waals surface area contributed by atoms with E-state index in [0.717, 1.165) is 32.1 Å². The molecule has 2 bridgehead atoms. The van der Waals surface area contributed by atoms with Gasteiger partial charge in [0.2, 0.25) is 0 Å². The molecule has 3 nitrogen and oxygen atoms in total. The summed E-state index contributed by atoms with van der Waals surface area (Å²) in [5.41, 5.74) is 6.46. The molecule has 1 saturated heterocycles. The quantitative estimate of drug-likeness (QED) is 0.798. The first-order valence-corrected chi connectivity index (χ1v) is 6.63. The van der Waals surface area contributed by atoms with E-state index >= 15 is 0 Å². The van der Waals surface area contributed by atoms with Crippen molar-refractivity contribution in [3.8, 4) is 0 Å². The van der Waals surface area contributed by atoms with Gasteiger partial charge in [0.1, 0.15) is 0 Å². The third-order valence-electron chi connectivity index (χ3n) is 5.36. The minimum absolute atomic E-state index is 0.0198. The molecule has 0 aromatic carbocycles. The molecule has 3 heteroatoms. The van der Waals surface area contributed by atoms with Crippen LogP contribution in [0.3, 0.4) is 0 Å². The molecule has 3 rings (SSSR count). The smallest absolute Gasteiger partial charge is 0.163 e. The van der Waals surface area contributed by atoms with E-state index in [9.17, 15) is 0 Å². The van der Waals surface area contributed by atoms with E-state index in [1.54, 1.807) is 0 Å². The molecule has 0 aromatic rings. The van der Waals surface area contributed by atoms with Gasteiger partial charge in [0.15, 0.2) is 6.29 Å². The Balaban J connectivity index is 1.90. The third kappa shape index (κ3) is 1.31. The van der Waals surface area contributed by atoms with Gasteiger partial charge < -0.3 is 15.2 Å². The summed E-state index contributed by atoms with van der Waals surface area (Å²) in [6.45, 7) is 4.71. The highest BCUT2D eigenvalue weighted by Crippen LogP contribution is 2.67. The Hall–Kier alpha value is -0.120. The van der Waals surface area contributed by atoms with Crippen LogP contribution in [0.4, 0.5) is 0 Å². The van der Waals surface area contributed by atoms with Crippen LogP contribution >= 0.6 is 0 Å². The fraction of sp³-hybridized carbons (Fsp3) is 1.00. The molecule has 1 heterocycles. The molecule has 3 atom stereocenters. The van der Waals surface area contributed by atoms with Gasteiger partial charge in [-0.1, -0.05) is 6.92 Å². The fourth-order valence-electron chi connectivity index (χ4n) is 4.59. The first kappa shape index (κ1) is 11.0. The molecular formula is C13H23NO2. The van der Waals surface area contributed by atoms with Crippen LogP contribution in [0.2, 0.25) is 0 Å². The van der Waals surface area contributed by atoms with Crippen LogP contribution in [-0.4, -0.2) is 26.0 Å². The monoisotopic (exact) mass is 225 g/mol. The van der Waals surface area contributed by atoms with Crippen LogP contribution in [0.15, 0.2) is 0 Å². The maximum absolute atomic E-state index is 5.84. The van der Waals surface area contributed by atoms with E-state index in [2.05, 4.69) is 6.92 Å². The molecule has 2 aliphatic carbocycles. The molecule has 92 valence electrons. The maximum atomic E-state index is 5.84. The highest BCUT2D eigenvalue weighted by molar-refractivity contribution is 5.09. The van der Waals surface area contributed by atoms with Crippen molar-refractivity contribution in [3.63, 3.8) is 0 Å². The highest BCUT2D eigenvalue weighted by atomic mass is 16.7. The summed E-state index contributed by atoms with van der Waals surface area (Å²) < 4.78 is 11.7. The summed E-state index contributed by atoms with van der Waals surface area (Å²) in [6, 6.07) is 0. The summed E-state index contributed by atoms with van der Waals surface area (Å²) in [7, 11) is 0. The number of hydrogen-bond donors (Lipinski definition) is 1. The fourth-order valence-corrected chi connectivity index (χ4v) is 4.59. The summed E-state index contributed by atoms with van der Waals surface area (Å²) in [4.78, 5) is 0. The molecule has 2 N–H and O–H groups in total. The highest BCUT2D eigenvalue weighted by Gasteiger charge is 2.63. The third-order valence-corrected chi connectivity index (χ3v) is 5.36. The number of nitrogens with two attached hydrogens (primary N) is 1. The zero-order chi connectivity index (χ0) is 11.2. The Labute approximate surface area is 97.7 Å². The second kappa shape index (κ2) is 3.69. The van der Waals surface area contributed by atoms with Crippen molar-refractivity contribution < 1.29 is 9.47 Å². The zero-order valence-corrected chi connectivity index (χ0v) is 10.2. The predicted molar refractivity (Wildman–Crippen MR) is 61.9 cm³/mol. The predicted octanol–water partition coefficient (Wildman–Crippen LogP) is 1.90. The average Bonchev–Trinajstić information content (AvgIpc) is 2.90. The Morgan fingerprint density at radius 2 is 2.00 bits per heavy atom. The molecular weight excluding hydrogens is 202 g/mol. The second-order valence-electron chi connectivity index (χ2n) is 6.14. The lowest BCUT2D eigenvalue weighted by atomic mass is 9.61. The lowest BCUT2D eigenvalue weighted by Crippen LogP contribution is -2.47. The molecule has 1 aliphatic heterocycles. The maximum Gasteiger partial charge on any atom is 0.163 e. The lowest BCUT2D eigenvalue weighted by molar-refractivity contribution is -0.179. The van der Waals surface area contributed by atoms with Crippen molar-refractivity contribution in [2.45, 2.75) is 45.3 Å². The number of hydrogen-bond acceptors (Lipinski definition) is 3. The number of ether oxygens (including phenoxy) is 2. The van der Waals surface area contributed by atoms with Crippen LogP contribution in [0.1, 0.15) is 39.0 Å². The van der Waals surface area contributed by atoms with Crippen molar-refractivity contribution in [2.75, 3.05) is 19.8 Å². The van der Waals surface area contributed by atoms with Crippen molar-refractivity contribution >= 4 is 0 Å². The molecule has 0 aromatic heterocycles. The van der Waals surface area contributed by atoms with E-state index in [-0.39, 0.29) is 11.7 Å². The first-order chi connectivity index (χ1) is 7.70. The molecule has 16 heavy (non-hydrogen) atoms. The summed E-state index contributed by atoms with van der Waals surface area (Å²) in [5, 5.41) is 0. The van der Waals surface area contributed by atoms with Gasteiger partial charge in [-0.2, -0.15) is 0 Å². The Morgan fingerprint density at radius 1 is 1.25 bits per heavy atom. The Bertz CT molecular complexity index is 277. The van der Waals surface area contributed by atoms with Crippen LogP contribution in [0, 0.1) is 16.7 Å². The van der Waals surface area contributed by atoms with E-state index < -0.39 is 0 Å². The van der Waals surface area contributed by atoms with Crippen LogP contribution in [0.25, 0.3) is 0 Å². The molecule has 0 spiro atoms. The normalized spacial score (nSPS) is 48.0. The standard InChI is InChI=1S/C13H23NO2/c1-12-3-2-10(8-12)9-13(12,4-5-14)11-15-6-7-16-11/h10-11H,2-9,14H2,1H3. The van der Waals surface area contributed by atoms with Gasteiger partial charge in [0.05, 0.1) is 13.2 Å². The summed E-state index contributed by atoms with van der Waals surface area (Å²) >= 11 is 0. The number of rotatable bonds is 3. The van der Waals surface area contributed by atoms with Crippen LogP contribution < -0.4 is 5.73 Å². The van der Waals surface area contributed by atoms with Crippen molar-refractivity contribution in [1.29, 1.82) is 0 Å². The van der Waals surface area contributed by atoms with Gasteiger partial charge in [-0.15, -0.1) is 0 Å². The van der Waals surface area contributed by atoms with E-state index in [1.165, 1.54) is 25.7 Å². The Kier molecular flexibility index (Phi) is 2.54. The minimum atomic E-state index is 0.0198. The Morgan fingerprint density at radius 3 is 2.50 bits per heavy atom.